The van der Waals surface area contributed by atoms with E-state index < -0.39 is 0 Å². The molecule has 1 aliphatic heterocycles. The van der Waals surface area contributed by atoms with Gasteiger partial charge in [-0.25, -0.2) is 15.0 Å². The smallest absolute Gasteiger partial charge is 0.227 e. The Bertz CT molecular complexity index is 1210. The fraction of sp³-hybridized carbons (Fsp3) is 0.480. The summed E-state index contributed by atoms with van der Waals surface area (Å²) >= 11 is 1.77. The Hall–Kier alpha value is -3.11. The number of nitrogens with zero attached hydrogens (tertiary/aromatic N) is 5. The van der Waals surface area contributed by atoms with Gasteiger partial charge in [0.15, 0.2) is 0 Å². The zero-order valence-electron chi connectivity index (χ0n) is 20.4. The summed E-state index contributed by atoms with van der Waals surface area (Å²) in [6.45, 7) is 9.35. The van der Waals surface area contributed by atoms with Crippen molar-refractivity contribution in [3.8, 4) is 11.4 Å². The number of piperazine rings is 1. The summed E-state index contributed by atoms with van der Waals surface area (Å²) in [6, 6.07) is 0. The monoisotopic (exact) mass is 493 g/mol. The summed E-state index contributed by atoms with van der Waals surface area (Å²) in [4.78, 5) is 43.1. The largest absolute Gasteiger partial charge is 0.340 e. The predicted molar refractivity (Wildman–Crippen MR) is 135 cm³/mol. The molecule has 2 N–H and O–H groups in total. The average molecular weight is 494 g/mol. The number of hydrogen-bond donors (Lipinski definition) is 2. The molecule has 184 valence electrons. The fourth-order valence-corrected chi connectivity index (χ4v) is 5.83. The molecule has 1 atom stereocenters. The Labute approximate surface area is 209 Å². The minimum atomic E-state index is -0.0676. The lowest BCUT2D eigenvalue weighted by atomic mass is 9.97. The second-order valence-corrected chi connectivity index (χ2v) is 10.6. The van der Waals surface area contributed by atoms with Crippen molar-refractivity contribution >= 4 is 29.1 Å². The minimum absolute atomic E-state index is 0.0676. The van der Waals surface area contributed by atoms with Crippen LogP contribution in [0, 0.1) is 5.92 Å². The van der Waals surface area contributed by atoms with Crippen LogP contribution in [-0.4, -0.2) is 62.7 Å². The molecule has 0 aromatic carbocycles. The number of nitrogens with one attached hydrogen (secondary N) is 2. The first-order chi connectivity index (χ1) is 16.9. The second-order valence-electron chi connectivity index (χ2n) is 9.43. The zero-order chi connectivity index (χ0) is 24.5. The SMILES string of the molecule is CC(=O)NC1=CC(Nc2ncc3c(n2)-c2nc(CN4CCN(C(C)=O)CC4)sc2CC3)=CCC1C. The number of rotatable bonds is 5. The summed E-state index contributed by atoms with van der Waals surface area (Å²) in [5, 5.41) is 7.34. The number of carbonyl (C=O) groups is 2. The summed E-state index contributed by atoms with van der Waals surface area (Å²) in [7, 11) is 0. The number of aromatic nitrogens is 3. The minimum Gasteiger partial charge on any atom is -0.340 e. The summed E-state index contributed by atoms with van der Waals surface area (Å²) in [6.07, 6.45) is 8.67. The maximum absolute atomic E-state index is 11.6. The van der Waals surface area contributed by atoms with Crippen molar-refractivity contribution in [1.29, 1.82) is 0 Å². The van der Waals surface area contributed by atoms with Crippen molar-refractivity contribution in [3.05, 3.63) is 45.2 Å². The normalized spacial score (nSPS) is 19.9. The maximum Gasteiger partial charge on any atom is 0.227 e. The van der Waals surface area contributed by atoms with Crippen molar-refractivity contribution in [2.45, 2.75) is 46.6 Å². The van der Waals surface area contributed by atoms with Crippen LogP contribution in [-0.2, 0) is 29.0 Å². The molecule has 2 amide bonds. The van der Waals surface area contributed by atoms with Crippen molar-refractivity contribution in [3.63, 3.8) is 0 Å². The highest BCUT2D eigenvalue weighted by Crippen LogP contribution is 2.36. The van der Waals surface area contributed by atoms with E-state index in [0.717, 1.165) is 85.3 Å². The molecular weight excluding hydrogens is 462 g/mol. The number of carbonyl (C=O) groups excluding carboxylic acids is 2. The maximum atomic E-state index is 11.6. The number of allylic oxidation sites excluding steroid dienone is 3. The van der Waals surface area contributed by atoms with Crippen LogP contribution >= 0.6 is 11.3 Å². The van der Waals surface area contributed by atoms with E-state index in [9.17, 15) is 9.59 Å². The van der Waals surface area contributed by atoms with E-state index >= 15 is 0 Å². The molecule has 2 aromatic heterocycles. The standard InChI is InChI=1S/C25H31N7O2S/c1-15-4-6-19(12-20(15)27-16(2)33)28-25-26-13-18-5-7-21-24(23(18)30-25)29-22(35-21)14-31-8-10-32(11-9-31)17(3)34/h6,12-13,15H,4-5,7-11,14H2,1-3H3,(H,27,33)(H,26,28,30). The van der Waals surface area contributed by atoms with Gasteiger partial charge in [-0.3, -0.25) is 14.5 Å². The molecule has 35 heavy (non-hydrogen) atoms. The first kappa shape index (κ1) is 23.6. The molecule has 0 spiro atoms. The van der Waals surface area contributed by atoms with E-state index in [2.05, 4.69) is 33.5 Å². The Morgan fingerprint density at radius 2 is 1.91 bits per heavy atom. The van der Waals surface area contributed by atoms with Crippen molar-refractivity contribution in [2.75, 3.05) is 31.5 Å². The first-order valence-electron chi connectivity index (χ1n) is 12.1. The molecule has 0 radical (unpaired) electrons. The number of aryl methyl sites for hydroxylation is 2. The molecule has 1 saturated heterocycles. The van der Waals surface area contributed by atoms with E-state index in [1.165, 1.54) is 11.8 Å². The third-order valence-electron chi connectivity index (χ3n) is 6.74. The zero-order valence-corrected chi connectivity index (χ0v) is 21.2. The summed E-state index contributed by atoms with van der Waals surface area (Å²) in [5.74, 6) is 0.874. The van der Waals surface area contributed by atoms with Crippen LogP contribution in [0.15, 0.2) is 29.7 Å². The van der Waals surface area contributed by atoms with Crippen LogP contribution in [0.5, 0.6) is 0 Å². The predicted octanol–water partition coefficient (Wildman–Crippen LogP) is 2.72. The van der Waals surface area contributed by atoms with Gasteiger partial charge in [0.25, 0.3) is 0 Å². The van der Waals surface area contributed by atoms with Crippen LogP contribution in [0.4, 0.5) is 5.95 Å². The van der Waals surface area contributed by atoms with Crippen molar-refractivity contribution in [2.24, 2.45) is 5.92 Å². The number of amides is 2. The number of anilines is 1. The van der Waals surface area contributed by atoms with E-state index in [0.29, 0.717) is 5.95 Å². The molecule has 9 nitrogen and oxygen atoms in total. The van der Waals surface area contributed by atoms with E-state index in [4.69, 9.17) is 9.97 Å². The Kier molecular flexibility index (Phi) is 6.66. The number of thiazole rings is 1. The molecule has 0 saturated carbocycles. The molecule has 10 heteroatoms. The molecule has 5 rings (SSSR count). The molecule has 2 aromatic rings. The highest BCUT2D eigenvalue weighted by atomic mass is 32.1. The lowest BCUT2D eigenvalue weighted by molar-refractivity contribution is -0.130. The highest BCUT2D eigenvalue weighted by molar-refractivity contribution is 7.12. The van der Waals surface area contributed by atoms with Crippen LogP contribution < -0.4 is 10.6 Å². The van der Waals surface area contributed by atoms with Gasteiger partial charge in [-0.2, -0.15) is 0 Å². The molecule has 1 fully saturated rings. The van der Waals surface area contributed by atoms with Crippen LogP contribution in [0.3, 0.4) is 0 Å². The highest BCUT2D eigenvalue weighted by Gasteiger charge is 2.25. The number of hydrogen-bond acceptors (Lipinski definition) is 8. The van der Waals surface area contributed by atoms with E-state index in [-0.39, 0.29) is 17.7 Å². The molecule has 0 bridgehead atoms. The lowest BCUT2D eigenvalue weighted by Gasteiger charge is -2.33. The van der Waals surface area contributed by atoms with Gasteiger partial charge in [-0.15, -0.1) is 11.3 Å². The van der Waals surface area contributed by atoms with Gasteiger partial charge in [0.1, 0.15) is 10.7 Å². The molecule has 3 aliphatic rings. The third-order valence-corrected chi connectivity index (χ3v) is 7.84. The van der Waals surface area contributed by atoms with Crippen LogP contribution in [0.1, 0.15) is 42.6 Å². The topological polar surface area (TPSA) is 103 Å². The van der Waals surface area contributed by atoms with Gasteiger partial charge in [0.05, 0.1) is 12.2 Å². The average Bonchev–Trinajstić information content (AvgIpc) is 3.24. The second kappa shape index (κ2) is 9.87. The van der Waals surface area contributed by atoms with E-state index in [1.807, 2.05) is 17.2 Å². The van der Waals surface area contributed by atoms with Crippen molar-refractivity contribution < 1.29 is 9.59 Å². The Balaban J connectivity index is 1.31. The first-order valence-corrected chi connectivity index (χ1v) is 13.0. The lowest BCUT2D eigenvalue weighted by Crippen LogP contribution is -2.47. The molecule has 2 aliphatic carbocycles. The Morgan fingerprint density at radius 1 is 1.11 bits per heavy atom. The van der Waals surface area contributed by atoms with Gasteiger partial charge in [-0.05, 0) is 36.8 Å². The van der Waals surface area contributed by atoms with Gasteiger partial charge in [0.2, 0.25) is 17.8 Å². The number of fused-ring (bicyclic) bond motifs is 3. The van der Waals surface area contributed by atoms with Crippen LogP contribution in [0.2, 0.25) is 0 Å². The molecule has 1 unspecified atom stereocenters. The summed E-state index contributed by atoms with van der Waals surface area (Å²) < 4.78 is 0. The van der Waals surface area contributed by atoms with Gasteiger partial charge < -0.3 is 15.5 Å². The van der Waals surface area contributed by atoms with Gasteiger partial charge in [-0.1, -0.05) is 13.0 Å². The van der Waals surface area contributed by atoms with Gasteiger partial charge >= 0.3 is 0 Å². The summed E-state index contributed by atoms with van der Waals surface area (Å²) in [5.41, 5.74) is 4.78. The molecular formula is C25H31N7O2S. The molecule has 3 heterocycles. The van der Waals surface area contributed by atoms with Crippen LogP contribution in [0.25, 0.3) is 11.4 Å². The Morgan fingerprint density at radius 3 is 2.66 bits per heavy atom. The van der Waals surface area contributed by atoms with Gasteiger partial charge in [0, 0.05) is 62.5 Å². The van der Waals surface area contributed by atoms with E-state index in [1.54, 1.807) is 18.3 Å². The van der Waals surface area contributed by atoms with Crippen molar-refractivity contribution in [1.82, 2.24) is 30.1 Å². The third kappa shape index (κ3) is 5.28. The quantitative estimate of drug-likeness (QED) is 0.660. The fourth-order valence-electron chi connectivity index (χ4n) is 4.72.